The Morgan fingerprint density at radius 2 is 1.96 bits per heavy atom. The second-order valence-electron chi connectivity index (χ2n) is 7.05. The summed E-state index contributed by atoms with van der Waals surface area (Å²) in [5.74, 6) is 1.03. The van der Waals surface area contributed by atoms with Crippen molar-refractivity contribution in [2.75, 3.05) is 12.4 Å². The van der Waals surface area contributed by atoms with E-state index < -0.39 is 0 Å². The molecule has 4 heteroatoms. The molecule has 0 bridgehead atoms. The van der Waals surface area contributed by atoms with Crippen molar-refractivity contribution in [2.45, 2.75) is 25.3 Å². The van der Waals surface area contributed by atoms with Gasteiger partial charge in [0.25, 0.3) is 0 Å². The highest BCUT2D eigenvalue weighted by Gasteiger charge is 2.36. The first kappa shape index (κ1) is 16.1. The smallest absolute Gasteiger partial charge is 0.161 e. The van der Waals surface area contributed by atoms with Crippen molar-refractivity contribution in [3.05, 3.63) is 71.4 Å². The average molecular weight is 356 g/mol. The molecule has 1 N–H and O–H groups in total. The van der Waals surface area contributed by atoms with Gasteiger partial charge in [-0.05, 0) is 42.7 Å². The number of ether oxygens (including phenoxy) is 1. The first-order chi connectivity index (χ1) is 13.3. The maximum Gasteiger partial charge on any atom is 0.161 e. The SMILES string of the molecule is COc1ccccc1[C@H]1Nc2ccc3ncccc3c2C2=C1C(=O)CCC2. The van der Waals surface area contributed by atoms with Crippen LogP contribution in [-0.2, 0) is 4.79 Å². The molecule has 0 saturated heterocycles. The van der Waals surface area contributed by atoms with Crippen molar-refractivity contribution in [3.8, 4) is 5.75 Å². The van der Waals surface area contributed by atoms with Crippen LogP contribution in [0.4, 0.5) is 5.69 Å². The first-order valence-electron chi connectivity index (χ1n) is 9.31. The Kier molecular flexibility index (Phi) is 3.71. The van der Waals surface area contributed by atoms with Crippen molar-refractivity contribution >= 4 is 27.9 Å². The number of para-hydroxylation sites is 1. The number of nitrogens with one attached hydrogen (secondary N) is 1. The van der Waals surface area contributed by atoms with Crippen LogP contribution in [0, 0.1) is 0 Å². The number of rotatable bonds is 2. The molecule has 0 amide bonds. The minimum absolute atomic E-state index is 0.189. The van der Waals surface area contributed by atoms with E-state index >= 15 is 0 Å². The Morgan fingerprint density at radius 3 is 2.85 bits per heavy atom. The zero-order valence-corrected chi connectivity index (χ0v) is 15.2. The Labute approximate surface area is 157 Å². The molecule has 3 aromatic rings. The predicted molar refractivity (Wildman–Crippen MR) is 107 cm³/mol. The topological polar surface area (TPSA) is 51.2 Å². The van der Waals surface area contributed by atoms with Crippen LogP contribution in [-0.4, -0.2) is 17.9 Å². The molecule has 0 saturated carbocycles. The molecule has 5 rings (SSSR count). The summed E-state index contributed by atoms with van der Waals surface area (Å²) in [6.45, 7) is 0. The molecule has 1 aliphatic carbocycles. The summed E-state index contributed by atoms with van der Waals surface area (Å²) >= 11 is 0. The van der Waals surface area contributed by atoms with Crippen LogP contribution in [0.2, 0.25) is 0 Å². The van der Waals surface area contributed by atoms with E-state index in [-0.39, 0.29) is 11.8 Å². The predicted octanol–water partition coefficient (Wildman–Crippen LogP) is 4.92. The van der Waals surface area contributed by atoms with Gasteiger partial charge >= 0.3 is 0 Å². The molecule has 0 spiro atoms. The normalized spacial score (nSPS) is 18.7. The van der Waals surface area contributed by atoms with Crippen molar-refractivity contribution < 1.29 is 9.53 Å². The van der Waals surface area contributed by atoms with Gasteiger partial charge in [-0.3, -0.25) is 9.78 Å². The lowest BCUT2D eigenvalue weighted by atomic mass is 9.77. The van der Waals surface area contributed by atoms with Crippen LogP contribution in [0.5, 0.6) is 5.75 Å². The monoisotopic (exact) mass is 356 g/mol. The van der Waals surface area contributed by atoms with Gasteiger partial charge in [0.2, 0.25) is 0 Å². The van der Waals surface area contributed by atoms with E-state index in [0.29, 0.717) is 6.42 Å². The summed E-state index contributed by atoms with van der Waals surface area (Å²) in [4.78, 5) is 17.5. The van der Waals surface area contributed by atoms with Crippen LogP contribution in [0.1, 0.15) is 36.4 Å². The van der Waals surface area contributed by atoms with E-state index in [1.54, 1.807) is 7.11 Å². The largest absolute Gasteiger partial charge is 0.496 e. The number of carbonyl (C=O) groups excluding carboxylic acids is 1. The highest BCUT2D eigenvalue weighted by atomic mass is 16.5. The molecular formula is C23H20N2O2. The number of carbonyl (C=O) groups is 1. The zero-order chi connectivity index (χ0) is 18.4. The van der Waals surface area contributed by atoms with Crippen molar-refractivity contribution in [3.63, 3.8) is 0 Å². The summed E-state index contributed by atoms with van der Waals surface area (Å²) in [6.07, 6.45) is 4.22. The molecule has 1 aliphatic heterocycles. The number of methoxy groups -OCH3 is 1. The number of pyridine rings is 1. The maximum atomic E-state index is 13.0. The molecule has 0 fully saturated rings. The van der Waals surface area contributed by atoms with E-state index in [9.17, 15) is 4.79 Å². The number of benzene rings is 2. The number of fused-ring (bicyclic) bond motifs is 4. The molecule has 2 heterocycles. The number of allylic oxidation sites excluding steroid dienone is 1. The lowest BCUT2D eigenvalue weighted by molar-refractivity contribution is -0.116. The quantitative estimate of drug-likeness (QED) is 0.708. The van der Waals surface area contributed by atoms with Crippen LogP contribution in [0.3, 0.4) is 0 Å². The van der Waals surface area contributed by atoms with Gasteiger partial charge in [-0.1, -0.05) is 24.3 Å². The van der Waals surface area contributed by atoms with Crippen LogP contribution < -0.4 is 10.1 Å². The Bertz CT molecular complexity index is 1100. The number of hydrogen-bond donors (Lipinski definition) is 1. The van der Waals surface area contributed by atoms with Gasteiger partial charge in [-0.2, -0.15) is 0 Å². The zero-order valence-electron chi connectivity index (χ0n) is 15.2. The average Bonchev–Trinajstić information content (AvgIpc) is 2.73. The van der Waals surface area contributed by atoms with Gasteiger partial charge < -0.3 is 10.1 Å². The van der Waals surface area contributed by atoms with Gasteiger partial charge in [-0.25, -0.2) is 0 Å². The fraction of sp³-hybridized carbons (Fsp3) is 0.217. The molecule has 2 aromatic carbocycles. The third-order valence-electron chi connectivity index (χ3n) is 5.58. The third kappa shape index (κ3) is 2.44. The molecule has 27 heavy (non-hydrogen) atoms. The second kappa shape index (κ2) is 6.23. The third-order valence-corrected chi connectivity index (χ3v) is 5.58. The fourth-order valence-corrected chi connectivity index (χ4v) is 4.42. The molecule has 134 valence electrons. The van der Waals surface area contributed by atoms with Crippen molar-refractivity contribution in [1.29, 1.82) is 0 Å². The summed E-state index contributed by atoms with van der Waals surface area (Å²) in [5.41, 5.74) is 6.19. The minimum atomic E-state index is -0.189. The molecule has 1 atom stereocenters. The molecule has 1 aromatic heterocycles. The Balaban J connectivity index is 1.80. The number of ketones is 1. The molecule has 0 radical (unpaired) electrons. The van der Waals surface area contributed by atoms with E-state index in [2.05, 4.69) is 22.4 Å². The summed E-state index contributed by atoms with van der Waals surface area (Å²) in [7, 11) is 1.67. The number of Topliss-reactive ketones (excluding diaryl/α,β-unsaturated/α-hetero) is 1. The van der Waals surface area contributed by atoms with E-state index in [4.69, 9.17) is 4.74 Å². The molecular weight excluding hydrogens is 336 g/mol. The number of nitrogens with zero attached hydrogens (tertiary/aromatic N) is 1. The molecule has 2 aliphatic rings. The summed E-state index contributed by atoms with van der Waals surface area (Å²) in [6, 6.07) is 15.9. The number of anilines is 1. The van der Waals surface area contributed by atoms with Crippen molar-refractivity contribution in [2.24, 2.45) is 0 Å². The van der Waals surface area contributed by atoms with Crippen LogP contribution >= 0.6 is 0 Å². The maximum absolute atomic E-state index is 13.0. The minimum Gasteiger partial charge on any atom is -0.496 e. The van der Waals surface area contributed by atoms with E-state index in [1.807, 2.05) is 42.6 Å². The fourth-order valence-electron chi connectivity index (χ4n) is 4.42. The van der Waals surface area contributed by atoms with Gasteiger partial charge in [-0.15, -0.1) is 0 Å². The van der Waals surface area contributed by atoms with Crippen molar-refractivity contribution in [1.82, 2.24) is 4.98 Å². The van der Waals surface area contributed by atoms with Gasteiger partial charge in [0.1, 0.15) is 5.75 Å². The first-order valence-corrected chi connectivity index (χ1v) is 9.31. The molecule has 4 nitrogen and oxygen atoms in total. The number of hydrogen-bond acceptors (Lipinski definition) is 4. The van der Waals surface area contributed by atoms with Gasteiger partial charge in [0.05, 0.1) is 18.7 Å². The highest BCUT2D eigenvalue weighted by Crippen LogP contribution is 2.48. The van der Waals surface area contributed by atoms with Gasteiger partial charge in [0, 0.05) is 40.4 Å². The Morgan fingerprint density at radius 1 is 1.07 bits per heavy atom. The standard InChI is InChI=1S/C23H20N2O2/c1-27-20-10-3-2-6-15(20)23-22-16(7-4-9-19(22)26)21-14-8-5-13-24-17(14)11-12-18(21)25-23/h2-3,5-6,8,10-13,23,25H,4,7,9H2,1H3/t23-/m1/s1. The van der Waals surface area contributed by atoms with E-state index in [0.717, 1.165) is 57.5 Å². The van der Waals surface area contributed by atoms with Gasteiger partial charge in [0.15, 0.2) is 5.78 Å². The molecule has 0 unspecified atom stereocenters. The summed E-state index contributed by atoms with van der Waals surface area (Å²) in [5, 5.41) is 4.72. The number of aromatic nitrogens is 1. The van der Waals surface area contributed by atoms with Crippen LogP contribution in [0.15, 0.2) is 60.3 Å². The highest BCUT2D eigenvalue weighted by molar-refractivity contribution is 6.12. The summed E-state index contributed by atoms with van der Waals surface area (Å²) < 4.78 is 5.59. The second-order valence-corrected chi connectivity index (χ2v) is 7.05. The Hall–Kier alpha value is -3.14. The lowest BCUT2D eigenvalue weighted by Gasteiger charge is -2.35. The van der Waals surface area contributed by atoms with Crippen LogP contribution in [0.25, 0.3) is 16.5 Å². The lowest BCUT2D eigenvalue weighted by Crippen LogP contribution is -2.27. The van der Waals surface area contributed by atoms with E-state index in [1.165, 1.54) is 0 Å².